The average molecular weight is 288 g/mol. The van der Waals surface area contributed by atoms with Crippen molar-refractivity contribution in [1.29, 1.82) is 0 Å². The van der Waals surface area contributed by atoms with E-state index in [1.165, 1.54) is 30.6 Å². The Morgan fingerprint density at radius 1 is 1.44 bits per heavy atom. The molecule has 0 radical (unpaired) electrons. The summed E-state index contributed by atoms with van der Waals surface area (Å²) in [5.74, 6) is 0. The predicted molar refractivity (Wildman–Crippen MR) is 78.7 cm³/mol. The summed E-state index contributed by atoms with van der Waals surface area (Å²) < 4.78 is 7.00. The molecule has 1 atom stereocenters. The van der Waals surface area contributed by atoms with E-state index >= 15 is 0 Å². The Hall–Kier alpha value is -0.0900. The predicted octanol–water partition coefficient (Wildman–Crippen LogP) is 3.88. The number of thiophene rings is 1. The molecule has 1 unspecified atom stereocenters. The summed E-state index contributed by atoms with van der Waals surface area (Å²) in [5, 5.41) is 3.47. The van der Waals surface area contributed by atoms with Gasteiger partial charge in [0, 0.05) is 17.5 Å². The van der Waals surface area contributed by atoms with Gasteiger partial charge in [0.2, 0.25) is 0 Å². The van der Waals surface area contributed by atoms with Crippen LogP contribution in [0.1, 0.15) is 37.5 Å². The van der Waals surface area contributed by atoms with E-state index in [9.17, 15) is 0 Å². The summed E-state index contributed by atoms with van der Waals surface area (Å²) in [5.41, 5.74) is 0.0277. The summed E-state index contributed by atoms with van der Waals surface area (Å²) >= 11 is 7.69. The molecule has 0 bridgehead atoms. The van der Waals surface area contributed by atoms with Gasteiger partial charge in [0.1, 0.15) is 0 Å². The Bertz CT molecular complexity index is 374. The highest BCUT2D eigenvalue weighted by molar-refractivity contribution is 7.16. The molecule has 1 aromatic heterocycles. The zero-order valence-electron chi connectivity index (χ0n) is 11.2. The van der Waals surface area contributed by atoms with Crippen LogP contribution >= 0.6 is 22.9 Å². The minimum Gasteiger partial charge on any atom is -0.374 e. The number of hydrogen-bond acceptors (Lipinski definition) is 3. The molecule has 0 aromatic carbocycles. The SMILES string of the molecule is CCOC1(C(Cc2ccc(Cl)s2)NC)CCCC1. The smallest absolute Gasteiger partial charge is 0.0931 e. The zero-order chi connectivity index (χ0) is 13.0. The fourth-order valence-electron chi connectivity index (χ4n) is 3.07. The van der Waals surface area contributed by atoms with Crippen molar-refractivity contribution in [3.05, 3.63) is 21.3 Å². The van der Waals surface area contributed by atoms with Gasteiger partial charge >= 0.3 is 0 Å². The third-order valence-electron chi connectivity index (χ3n) is 3.90. The molecule has 2 rings (SSSR count). The van der Waals surface area contributed by atoms with Gasteiger partial charge in [-0.3, -0.25) is 0 Å². The Morgan fingerprint density at radius 3 is 2.67 bits per heavy atom. The zero-order valence-corrected chi connectivity index (χ0v) is 12.7. The average Bonchev–Trinajstić information content (AvgIpc) is 2.97. The van der Waals surface area contributed by atoms with Gasteiger partial charge in [-0.05, 0) is 45.4 Å². The topological polar surface area (TPSA) is 21.3 Å². The van der Waals surface area contributed by atoms with Crippen molar-refractivity contribution in [2.24, 2.45) is 0 Å². The lowest BCUT2D eigenvalue weighted by Gasteiger charge is -2.37. The summed E-state index contributed by atoms with van der Waals surface area (Å²) in [6, 6.07) is 4.50. The lowest BCUT2D eigenvalue weighted by Crippen LogP contribution is -2.51. The Kier molecular flexibility index (Phi) is 5.07. The second-order valence-corrected chi connectivity index (χ2v) is 6.76. The third-order valence-corrected chi connectivity index (χ3v) is 5.15. The lowest BCUT2D eigenvalue weighted by atomic mass is 9.89. The monoisotopic (exact) mass is 287 g/mol. The van der Waals surface area contributed by atoms with E-state index in [0.717, 1.165) is 17.4 Å². The van der Waals surface area contributed by atoms with E-state index in [1.54, 1.807) is 11.3 Å². The molecule has 1 aliphatic carbocycles. The summed E-state index contributed by atoms with van der Waals surface area (Å²) in [6.45, 7) is 2.89. The van der Waals surface area contributed by atoms with Crippen LogP contribution in [0.25, 0.3) is 0 Å². The van der Waals surface area contributed by atoms with Gasteiger partial charge in [0.15, 0.2) is 0 Å². The van der Waals surface area contributed by atoms with Gasteiger partial charge in [-0.1, -0.05) is 24.4 Å². The van der Waals surface area contributed by atoms with Crippen LogP contribution in [0.2, 0.25) is 4.34 Å². The molecule has 0 saturated heterocycles. The van der Waals surface area contributed by atoms with Crippen molar-refractivity contribution >= 4 is 22.9 Å². The highest BCUT2D eigenvalue weighted by Crippen LogP contribution is 2.38. The molecule has 0 spiro atoms. The summed E-state index contributed by atoms with van der Waals surface area (Å²) in [6.07, 6.45) is 5.91. The molecule has 0 aliphatic heterocycles. The largest absolute Gasteiger partial charge is 0.374 e. The molecule has 102 valence electrons. The minimum absolute atomic E-state index is 0.0277. The molecule has 1 N–H and O–H groups in total. The Labute approximate surface area is 119 Å². The van der Waals surface area contributed by atoms with Gasteiger partial charge in [-0.15, -0.1) is 11.3 Å². The number of rotatable bonds is 6. The third kappa shape index (κ3) is 3.08. The van der Waals surface area contributed by atoms with E-state index in [2.05, 4.69) is 18.3 Å². The highest BCUT2D eigenvalue weighted by Gasteiger charge is 2.41. The second-order valence-electron chi connectivity index (χ2n) is 4.96. The maximum atomic E-state index is 6.13. The van der Waals surface area contributed by atoms with Crippen LogP contribution in [-0.4, -0.2) is 25.3 Å². The van der Waals surface area contributed by atoms with Crippen LogP contribution in [0.4, 0.5) is 0 Å². The normalized spacial score (nSPS) is 20.2. The molecular formula is C14H22ClNOS. The van der Waals surface area contributed by atoms with Crippen LogP contribution in [0.15, 0.2) is 12.1 Å². The molecule has 4 heteroatoms. The van der Waals surface area contributed by atoms with Crippen LogP contribution in [0, 0.1) is 0 Å². The summed E-state index contributed by atoms with van der Waals surface area (Å²) in [4.78, 5) is 1.34. The van der Waals surface area contributed by atoms with Crippen LogP contribution in [0.5, 0.6) is 0 Å². The molecule has 1 saturated carbocycles. The van der Waals surface area contributed by atoms with E-state index in [-0.39, 0.29) is 5.60 Å². The molecule has 1 fully saturated rings. The fourth-order valence-corrected chi connectivity index (χ4v) is 4.20. The van der Waals surface area contributed by atoms with Gasteiger partial charge in [0.05, 0.1) is 9.94 Å². The number of hydrogen-bond donors (Lipinski definition) is 1. The molecule has 0 amide bonds. The van der Waals surface area contributed by atoms with E-state index in [1.807, 2.05) is 13.1 Å². The second kappa shape index (κ2) is 6.38. The quantitative estimate of drug-likeness (QED) is 0.857. The molecule has 18 heavy (non-hydrogen) atoms. The van der Waals surface area contributed by atoms with Crippen molar-refractivity contribution in [2.45, 2.75) is 50.7 Å². The van der Waals surface area contributed by atoms with Gasteiger partial charge in [0.25, 0.3) is 0 Å². The van der Waals surface area contributed by atoms with Crippen LogP contribution in [-0.2, 0) is 11.2 Å². The Morgan fingerprint density at radius 2 is 2.17 bits per heavy atom. The first-order chi connectivity index (χ1) is 8.70. The maximum absolute atomic E-state index is 6.13. The standard InChI is InChI=1S/C14H22ClNOS/c1-3-17-14(8-4-5-9-14)12(16-2)10-11-6-7-13(15)18-11/h6-7,12,16H,3-5,8-10H2,1-2H3. The molecule has 1 heterocycles. The lowest BCUT2D eigenvalue weighted by molar-refractivity contribution is -0.0595. The van der Waals surface area contributed by atoms with Crippen LogP contribution < -0.4 is 5.32 Å². The van der Waals surface area contributed by atoms with Crippen LogP contribution in [0.3, 0.4) is 0 Å². The minimum atomic E-state index is 0.0277. The number of halogens is 1. The van der Waals surface area contributed by atoms with Gasteiger partial charge < -0.3 is 10.1 Å². The van der Waals surface area contributed by atoms with E-state index in [4.69, 9.17) is 16.3 Å². The summed E-state index contributed by atoms with van der Waals surface area (Å²) in [7, 11) is 2.04. The molecular weight excluding hydrogens is 266 g/mol. The first-order valence-electron chi connectivity index (χ1n) is 6.75. The number of ether oxygens (including phenoxy) is 1. The first kappa shape index (κ1) is 14.3. The number of nitrogens with one attached hydrogen (secondary N) is 1. The van der Waals surface area contributed by atoms with Crippen molar-refractivity contribution in [2.75, 3.05) is 13.7 Å². The Balaban J connectivity index is 2.10. The fraction of sp³-hybridized carbons (Fsp3) is 0.714. The van der Waals surface area contributed by atoms with E-state index in [0.29, 0.717) is 6.04 Å². The number of likely N-dealkylation sites (N-methyl/N-ethyl adjacent to an activating group) is 1. The molecule has 2 nitrogen and oxygen atoms in total. The van der Waals surface area contributed by atoms with Crippen molar-refractivity contribution in [3.63, 3.8) is 0 Å². The molecule has 1 aliphatic rings. The van der Waals surface area contributed by atoms with Gasteiger partial charge in [-0.25, -0.2) is 0 Å². The maximum Gasteiger partial charge on any atom is 0.0931 e. The molecule has 1 aromatic rings. The van der Waals surface area contributed by atoms with E-state index < -0.39 is 0 Å². The first-order valence-corrected chi connectivity index (χ1v) is 7.95. The van der Waals surface area contributed by atoms with Gasteiger partial charge in [-0.2, -0.15) is 0 Å². The van der Waals surface area contributed by atoms with Crippen molar-refractivity contribution in [3.8, 4) is 0 Å². The van der Waals surface area contributed by atoms with Crippen molar-refractivity contribution < 1.29 is 4.74 Å². The van der Waals surface area contributed by atoms with Crippen molar-refractivity contribution in [1.82, 2.24) is 5.32 Å². The highest BCUT2D eigenvalue weighted by atomic mass is 35.5.